The van der Waals surface area contributed by atoms with Gasteiger partial charge in [-0.25, -0.2) is 0 Å². The molecule has 0 aliphatic carbocycles. The molecule has 2 rings (SSSR count). The van der Waals surface area contributed by atoms with E-state index >= 15 is 0 Å². The molecule has 0 aromatic heterocycles. The molecule has 9 heteroatoms. The van der Waals surface area contributed by atoms with Crippen molar-refractivity contribution in [1.82, 2.24) is 0 Å². The van der Waals surface area contributed by atoms with Gasteiger partial charge in [0.1, 0.15) is 18.1 Å². The summed E-state index contributed by atoms with van der Waals surface area (Å²) in [6, 6.07) is 3.26. The SMILES string of the molecule is CCCc1c(OCC(O)CSCC2CSC(C)(CCCC(=O)O)S2)ccc(C(C)=O)c1O. The highest BCUT2D eigenvalue weighted by molar-refractivity contribution is 8.22. The van der Waals surface area contributed by atoms with Crippen LogP contribution in [0.3, 0.4) is 0 Å². The molecule has 1 aromatic rings. The third kappa shape index (κ3) is 8.39. The van der Waals surface area contributed by atoms with E-state index in [1.165, 1.54) is 6.92 Å². The summed E-state index contributed by atoms with van der Waals surface area (Å²) in [7, 11) is 0. The van der Waals surface area contributed by atoms with Crippen LogP contribution in [0, 0.1) is 0 Å². The fourth-order valence-corrected chi connectivity index (χ4v) is 8.43. The number of Topliss-reactive ketones (excluding diaryl/α,β-unsaturated/α-hetero) is 1. The minimum atomic E-state index is -0.739. The molecular weight excluding hydrogens is 468 g/mol. The third-order valence-corrected chi connectivity index (χ3v) is 10.3. The molecule has 1 fully saturated rings. The predicted molar refractivity (Wildman–Crippen MR) is 135 cm³/mol. The predicted octanol–water partition coefficient (Wildman–Crippen LogP) is 4.84. The van der Waals surface area contributed by atoms with Gasteiger partial charge in [0, 0.05) is 34.5 Å². The lowest BCUT2D eigenvalue weighted by Crippen LogP contribution is -2.22. The second-order valence-electron chi connectivity index (χ2n) is 8.18. The zero-order chi connectivity index (χ0) is 23.7. The highest BCUT2D eigenvalue weighted by Crippen LogP contribution is 2.51. The maximum Gasteiger partial charge on any atom is 0.303 e. The molecule has 1 aromatic carbocycles. The smallest absolute Gasteiger partial charge is 0.303 e. The number of ether oxygens (including phenoxy) is 1. The van der Waals surface area contributed by atoms with Crippen molar-refractivity contribution < 1.29 is 29.6 Å². The molecule has 0 saturated carbocycles. The van der Waals surface area contributed by atoms with Gasteiger partial charge >= 0.3 is 5.97 Å². The van der Waals surface area contributed by atoms with Crippen molar-refractivity contribution in [3.8, 4) is 11.5 Å². The van der Waals surface area contributed by atoms with Crippen molar-refractivity contribution in [2.75, 3.05) is 23.9 Å². The van der Waals surface area contributed by atoms with Crippen LogP contribution in [0.1, 0.15) is 62.4 Å². The van der Waals surface area contributed by atoms with Gasteiger partial charge in [0.15, 0.2) is 5.78 Å². The normalized spacial score (nSPS) is 21.4. The van der Waals surface area contributed by atoms with Crippen LogP contribution < -0.4 is 4.74 Å². The minimum absolute atomic E-state index is 0.0251. The molecule has 0 radical (unpaired) electrons. The van der Waals surface area contributed by atoms with Crippen LogP contribution >= 0.6 is 35.3 Å². The number of thioether (sulfide) groups is 3. The molecule has 0 amide bonds. The van der Waals surface area contributed by atoms with Crippen molar-refractivity contribution in [2.24, 2.45) is 0 Å². The first-order valence-corrected chi connectivity index (χ1v) is 13.9. The number of carboxylic acids is 1. The minimum Gasteiger partial charge on any atom is -0.507 e. The van der Waals surface area contributed by atoms with Crippen LogP contribution in [0.4, 0.5) is 0 Å². The van der Waals surface area contributed by atoms with E-state index in [2.05, 4.69) is 6.92 Å². The second kappa shape index (κ2) is 13.0. The number of carbonyl (C=O) groups excluding carboxylic acids is 1. The maximum absolute atomic E-state index is 11.7. The van der Waals surface area contributed by atoms with Crippen LogP contribution in [0.5, 0.6) is 11.5 Å². The quantitative estimate of drug-likeness (QED) is 0.308. The number of phenols is 1. The number of hydrogen-bond donors (Lipinski definition) is 3. The van der Waals surface area contributed by atoms with Crippen LogP contribution in [-0.4, -0.2) is 66.4 Å². The number of hydrogen-bond acceptors (Lipinski definition) is 8. The average molecular weight is 503 g/mol. The molecule has 1 aliphatic rings. The molecule has 3 atom stereocenters. The Labute approximate surface area is 203 Å². The third-order valence-electron chi connectivity index (χ3n) is 5.18. The number of aliphatic hydroxyl groups excluding tert-OH is 1. The molecule has 0 spiro atoms. The van der Waals surface area contributed by atoms with Crippen molar-refractivity contribution >= 4 is 47.0 Å². The van der Waals surface area contributed by atoms with E-state index in [9.17, 15) is 19.8 Å². The summed E-state index contributed by atoms with van der Waals surface area (Å²) in [6.45, 7) is 5.73. The van der Waals surface area contributed by atoms with Gasteiger partial charge < -0.3 is 20.1 Å². The maximum atomic E-state index is 11.7. The summed E-state index contributed by atoms with van der Waals surface area (Å²) in [5, 5.41) is 30.1. The van der Waals surface area contributed by atoms with Crippen LogP contribution in [0.25, 0.3) is 0 Å². The summed E-state index contributed by atoms with van der Waals surface area (Å²) in [4.78, 5) is 22.4. The number of aliphatic carboxylic acids is 1. The molecule has 32 heavy (non-hydrogen) atoms. The highest BCUT2D eigenvalue weighted by Gasteiger charge is 2.36. The van der Waals surface area contributed by atoms with Crippen LogP contribution in [0.2, 0.25) is 0 Å². The standard InChI is InChI=1S/C23H34O6S3/c1-4-6-19-20(9-8-18(15(2)24)22(19)28)29-11-16(25)12-30-13-17-14-31-23(3,32-17)10-5-7-21(26)27/h8-9,16-17,25,28H,4-7,10-14H2,1-3H3,(H,26,27). The van der Waals surface area contributed by atoms with Gasteiger partial charge in [-0.1, -0.05) is 13.3 Å². The van der Waals surface area contributed by atoms with Crippen molar-refractivity contribution in [3.63, 3.8) is 0 Å². The lowest BCUT2D eigenvalue weighted by Gasteiger charge is -2.22. The van der Waals surface area contributed by atoms with E-state index in [1.807, 2.05) is 30.4 Å². The Morgan fingerprint density at radius 1 is 1.38 bits per heavy atom. The van der Waals surface area contributed by atoms with Crippen molar-refractivity contribution in [3.05, 3.63) is 23.3 Å². The van der Waals surface area contributed by atoms with E-state index in [0.717, 1.165) is 24.3 Å². The average Bonchev–Trinajstić information content (AvgIpc) is 3.08. The highest BCUT2D eigenvalue weighted by atomic mass is 32.2. The van der Waals surface area contributed by atoms with E-state index in [4.69, 9.17) is 9.84 Å². The summed E-state index contributed by atoms with van der Waals surface area (Å²) < 4.78 is 5.87. The summed E-state index contributed by atoms with van der Waals surface area (Å²) in [5.41, 5.74) is 0.903. The number of phenolic OH excluding ortho intramolecular Hbond substituents is 1. The van der Waals surface area contributed by atoms with Gasteiger partial charge in [0.2, 0.25) is 0 Å². The van der Waals surface area contributed by atoms with E-state index in [0.29, 0.717) is 40.7 Å². The molecule has 1 saturated heterocycles. The van der Waals surface area contributed by atoms with Gasteiger partial charge in [-0.15, -0.1) is 23.5 Å². The molecule has 1 heterocycles. The number of ketones is 1. The molecule has 3 unspecified atom stereocenters. The largest absolute Gasteiger partial charge is 0.507 e. The molecule has 3 N–H and O–H groups in total. The summed E-state index contributed by atoms with van der Waals surface area (Å²) in [6.07, 6.45) is 2.57. The monoisotopic (exact) mass is 502 g/mol. The zero-order valence-corrected chi connectivity index (χ0v) is 21.4. The number of benzene rings is 1. The number of carbonyl (C=O) groups is 2. The lowest BCUT2D eigenvalue weighted by molar-refractivity contribution is -0.137. The number of aromatic hydroxyl groups is 1. The lowest BCUT2D eigenvalue weighted by atomic mass is 10.0. The Hall–Kier alpha value is -1.03. The van der Waals surface area contributed by atoms with Gasteiger partial charge in [-0.2, -0.15) is 11.8 Å². The first-order chi connectivity index (χ1) is 15.1. The first-order valence-electron chi connectivity index (χ1n) is 10.9. The van der Waals surface area contributed by atoms with Crippen LogP contribution in [-0.2, 0) is 11.2 Å². The Morgan fingerprint density at radius 3 is 2.78 bits per heavy atom. The van der Waals surface area contributed by atoms with E-state index in [-0.39, 0.29) is 28.6 Å². The van der Waals surface area contributed by atoms with Crippen LogP contribution in [0.15, 0.2) is 12.1 Å². The molecule has 180 valence electrons. The first kappa shape index (κ1) is 27.2. The van der Waals surface area contributed by atoms with E-state index < -0.39 is 12.1 Å². The van der Waals surface area contributed by atoms with Gasteiger partial charge in [0.25, 0.3) is 0 Å². The molecular formula is C23H34O6S3. The summed E-state index contributed by atoms with van der Waals surface area (Å²) in [5.74, 6) is 2.08. The molecule has 1 aliphatic heterocycles. The fourth-order valence-electron chi connectivity index (χ4n) is 3.56. The summed E-state index contributed by atoms with van der Waals surface area (Å²) >= 11 is 5.52. The van der Waals surface area contributed by atoms with Gasteiger partial charge in [-0.3, -0.25) is 9.59 Å². The molecule has 0 bridgehead atoms. The van der Waals surface area contributed by atoms with Gasteiger partial charge in [-0.05, 0) is 45.2 Å². The van der Waals surface area contributed by atoms with E-state index in [1.54, 1.807) is 23.9 Å². The zero-order valence-electron chi connectivity index (χ0n) is 19.0. The van der Waals surface area contributed by atoms with Crippen molar-refractivity contribution in [2.45, 2.75) is 68.3 Å². The number of carboxylic acid groups (broad SMARTS) is 1. The second-order valence-corrected chi connectivity index (χ2v) is 12.8. The Morgan fingerprint density at radius 2 is 2.12 bits per heavy atom. The fraction of sp³-hybridized carbons (Fsp3) is 0.652. The Bertz CT molecular complexity index is 787. The number of aliphatic hydroxyl groups is 1. The van der Waals surface area contributed by atoms with Gasteiger partial charge in [0.05, 0.1) is 15.7 Å². The Balaban J connectivity index is 1.76. The van der Waals surface area contributed by atoms with Crippen molar-refractivity contribution in [1.29, 1.82) is 0 Å². The Kier molecular flexibility index (Phi) is 11.1. The topological polar surface area (TPSA) is 104 Å². The number of rotatable bonds is 14. The molecule has 6 nitrogen and oxygen atoms in total.